The summed E-state index contributed by atoms with van der Waals surface area (Å²) in [5, 5.41) is 30.9. The van der Waals surface area contributed by atoms with Crippen molar-refractivity contribution in [2.24, 2.45) is 0 Å². The van der Waals surface area contributed by atoms with Crippen LogP contribution < -0.4 is 0 Å². The molecule has 0 amide bonds. The average Bonchev–Trinajstić information content (AvgIpc) is 1.27. The van der Waals surface area contributed by atoms with Gasteiger partial charge in [0, 0.05) is 17.1 Å². The predicted octanol–water partition coefficient (Wildman–Crippen LogP) is -3.22. The summed E-state index contributed by atoms with van der Waals surface area (Å²) < 4.78 is 3.47. The SMILES string of the molecule is OB(O)OB(O)O.[Fe].[H-].[H-].[Mg+2]. The summed E-state index contributed by atoms with van der Waals surface area (Å²) >= 11 is 0. The Kier molecular flexibility index (Phi) is 17.1. The third-order valence-electron chi connectivity index (χ3n) is 0.243. The molecule has 0 aromatic rings. The summed E-state index contributed by atoms with van der Waals surface area (Å²) in [7, 11) is -4.25. The number of hydrogen-bond acceptors (Lipinski definition) is 5. The monoisotopic (exact) mass is 188 g/mol. The van der Waals surface area contributed by atoms with Crippen molar-refractivity contribution in [1.82, 2.24) is 0 Å². The van der Waals surface area contributed by atoms with Gasteiger partial charge in [-0.3, -0.25) is 0 Å². The van der Waals surface area contributed by atoms with Crippen LogP contribution in [0.2, 0.25) is 0 Å². The minimum absolute atomic E-state index is 0. The molecule has 0 unspecified atom stereocenters. The fourth-order valence-electron chi connectivity index (χ4n) is 0.109. The van der Waals surface area contributed by atoms with E-state index in [0.717, 1.165) is 0 Å². The molecule has 0 radical (unpaired) electrons. The van der Waals surface area contributed by atoms with E-state index in [-0.39, 0.29) is 43.0 Å². The summed E-state index contributed by atoms with van der Waals surface area (Å²) in [5.74, 6) is 0. The fourth-order valence-corrected chi connectivity index (χ4v) is 0.109. The molecule has 0 aromatic heterocycles. The molecule has 0 heterocycles. The zero-order chi connectivity index (χ0) is 5.86. The summed E-state index contributed by atoms with van der Waals surface area (Å²) in [6.45, 7) is 0. The first-order valence-electron chi connectivity index (χ1n) is 1.50. The Balaban J connectivity index is -0.0000000300. The van der Waals surface area contributed by atoms with Gasteiger partial charge in [0.05, 0.1) is 0 Å². The second-order valence-corrected chi connectivity index (χ2v) is 0.789. The van der Waals surface area contributed by atoms with Crippen LogP contribution in [0.15, 0.2) is 0 Å². The van der Waals surface area contributed by atoms with Gasteiger partial charge in [-0.2, -0.15) is 0 Å². The normalized spacial score (nSPS) is 6.67. The van der Waals surface area contributed by atoms with Crippen LogP contribution in [0.4, 0.5) is 0 Å². The van der Waals surface area contributed by atoms with Crippen LogP contribution in [0.5, 0.6) is 0 Å². The molecule has 0 spiro atoms. The van der Waals surface area contributed by atoms with Crippen molar-refractivity contribution in [2.75, 3.05) is 0 Å². The second kappa shape index (κ2) is 9.22. The molecule has 4 N–H and O–H groups in total. The summed E-state index contributed by atoms with van der Waals surface area (Å²) in [6.07, 6.45) is 0. The molecule has 0 atom stereocenters. The Morgan fingerprint density at radius 1 is 1.00 bits per heavy atom. The van der Waals surface area contributed by atoms with Crippen LogP contribution in [0.25, 0.3) is 0 Å². The van der Waals surface area contributed by atoms with E-state index in [1.165, 1.54) is 0 Å². The molecule has 5 nitrogen and oxygen atoms in total. The van der Waals surface area contributed by atoms with Gasteiger partial charge in [-0.15, -0.1) is 0 Å². The molecular formula is H6B2FeMgO5. The average molecular weight is 188 g/mol. The van der Waals surface area contributed by atoms with Crippen molar-refractivity contribution in [1.29, 1.82) is 0 Å². The maximum Gasteiger partial charge on any atom is 2.00 e. The van der Waals surface area contributed by atoms with E-state index in [9.17, 15) is 0 Å². The van der Waals surface area contributed by atoms with Crippen molar-refractivity contribution in [2.45, 2.75) is 0 Å². The van der Waals surface area contributed by atoms with E-state index >= 15 is 0 Å². The Bertz CT molecular complexity index is 51.7. The summed E-state index contributed by atoms with van der Waals surface area (Å²) in [5.41, 5.74) is 0. The van der Waals surface area contributed by atoms with Crippen LogP contribution in [-0.2, 0) is 21.6 Å². The first kappa shape index (κ1) is 16.7. The third kappa shape index (κ3) is 17.6. The van der Waals surface area contributed by atoms with Gasteiger partial charge >= 0.3 is 37.7 Å². The molecule has 0 aliphatic rings. The fraction of sp³-hybridized carbons (Fsp3) is 0. The van der Waals surface area contributed by atoms with Gasteiger partial charge in [0.15, 0.2) is 0 Å². The van der Waals surface area contributed by atoms with Gasteiger partial charge in [-0.05, 0) is 0 Å². The van der Waals surface area contributed by atoms with Crippen LogP contribution in [0.3, 0.4) is 0 Å². The van der Waals surface area contributed by atoms with E-state index in [2.05, 4.69) is 4.57 Å². The molecule has 9 heavy (non-hydrogen) atoms. The van der Waals surface area contributed by atoms with E-state index in [1.54, 1.807) is 0 Å². The predicted molar refractivity (Wildman–Crippen MR) is 29.4 cm³/mol. The van der Waals surface area contributed by atoms with Gasteiger partial charge in [-0.1, -0.05) is 0 Å². The van der Waals surface area contributed by atoms with Crippen molar-refractivity contribution < 1.29 is 44.6 Å². The summed E-state index contributed by atoms with van der Waals surface area (Å²) in [4.78, 5) is 0. The van der Waals surface area contributed by atoms with Crippen molar-refractivity contribution in [3.05, 3.63) is 0 Å². The van der Waals surface area contributed by atoms with Crippen LogP contribution in [0, 0.1) is 0 Å². The standard InChI is InChI=1S/B2H4O5.Fe.Mg.2H/c3-1(4)7-2(5)6;;;;/h3-6H;;;;/q;;+2;2*-1. The molecular weight excluding hydrogens is 182 g/mol. The molecule has 0 saturated heterocycles. The van der Waals surface area contributed by atoms with E-state index < -0.39 is 14.6 Å². The summed E-state index contributed by atoms with van der Waals surface area (Å²) in [6, 6.07) is 0. The number of hydrogen-bond donors (Lipinski definition) is 4. The van der Waals surface area contributed by atoms with Gasteiger partial charge in [-0.25, -0.2) is 0 Å². The minimum atomic E-state index is -2.13. The zero-order valence-corrected chi connectivity index (χ0v) is 6.93. The quantitative estimate of drug-likeness (QED) is 0.342. The van der Waals surface area contributed by atoms with Gasteiger partial charge < -0.3 is 27.5 Å². The third-order valence-corrected chi connectivity index (χ3v) is 0.243. The zero-order valence-electron chi connectivity index (χ0n) is 6.41. The van der Waals surface area contributed by atoms with Crippen LogP contribution in [-0.4, -0.2) is 57.8 Å². The molecule has 0 rings (SSSR count). The first-order chi connectivity index (χ1) is 3.13. The minimum Gasteiger partial charge on any atom is -1.00 e. The van der Waals surface area contributed by atoms with Crippen LogP contribution >= 0.6 is 0 Å². The largest absolute Gasteiger partial charge is 2.00 e. The number of rotatable bonds is 2. The van der Waals surface area contributed by atoms with Crippen LogP contribution in [0.1, 0.15) is 2.85 Å². The van der Waals surface area contributed by atoms with Crippen molar-refractivity contribution in [3.63, 3.8) is 0 Å². The molecule has 0 saturated carbocycles. The topological polar surface area (TPSA) is 90.2 Å². The van der Waals surface area contributed by atoms with Crippen molar-refractivity contribution in [3.8, 4) is 0 Å². The molecule has 0 bridgehead atoms. The Labute approximate surface area is 82.4 Å². The van der Waals surface area contributed by atoms with Gasteiger partial charge in [0.25, 0.3) is 0 Å². The molecule has 0 aliphatic heterocycles. The smallest absolute Gasteiger partial charge is 1.00 e. The molecule has 52 valence electrons. The van der Waals surface area contributed by atoms with E-state index in [0.29, 0.717) is 0 Å². The Hall–Kier alpha value is 1.22. The first-order valence-corrected chi connectivity index (χ1v) is 1.50. The van der Waals surface area contributed by atoms with Crippen molar-refractivity contribution >= 4 is 37.7 Å². The van der Waals surface area contributed by atoms with E-state index in [4.69, 9.17) is 20.1 Å². The molecule has 0 aliphatic carbocycles. The molecule has 0 fully saturated rings. The Morgan fingerprint density at radius 2 is 1.22 bits per heavy atom. The maximum absolute atomic E-state index is 7.74. The van der Waals surface area contributed by atoms with Gasteiger partial charge in [0.1, 0.15) is 0 Å². The Morgan fingerprint density at radius 3 is 1.22 bits per heavy atom. The molecule has 9 heteroatoms. The maximum atomic E-state index is 7.74. The van der Waals surface area contributed by atoms with E-state index in [1.807, 2.05) is 0 Å². The second-order valence-electron chi connectivity index (χ2n) is 0.789. The molecule has 0 aromatic carbocycles. The van der Waals surface area contributed by atoms with Gasteiger partial charge in [0.2, 0.25) is 0 Å².